The van der Waals surface area contributed by atoms with Gasteiger partial charge >= 0.3 is 0 Å². The van der Waals surface area contributed by atoms with Gasteiger partial charge in [0.15, 0.2) is 16.3 Å². The molecule has 1 fully saturated rings. The molecule has 0 bridgehead atoms. The van der Waals surface area contributed by atoms with E-state index in [1.807, 2.05) is 26.0 Å². The van der Waals surface area contributed by atoms with Gasteiger partial charge in [-0.1, -0.05) is 25.0 Å². The minimum absolute atomic E-state index is 0.0535. The van der Waals surface area contributed by atoms with E-state index >= 15 is 0 Å². The van der Waals surface area contributed by atoms with E-state index in [-0.39, 0.29) is 17.5 Å². The lowest BCUT2D eigenvalue weighted by Gasteiger charge is -2.14. The van der Waals surface area contributed by atoms with Crippen molar-refractivity contribution in [2.45, 2.75) is 52.1 Å². The maximum atomic E-state index is 13.3. The zero-order chi connectivity index (χ0) is 23.4. The predicted octanol–water partition coefficient (Wildman–Crippen LogP) is 4.58. The first-order valence-electron chi connectivity index (χ1n) is 11.5. The standard InChI is InChI=1S/C25H29N3O4S/c1-3-31-21-13-19-20(14-22(21)32-4-2)27-25(33)28(24(19)30)15-16-9-11-17(12-10-16)23(29)26-18-7-5-6-8-18/h9-14,18H,3-8,15H2,1-2H3,(H,26,29)(H,27,33). The van der Waals surface area contributed by atoms with Crippen LogP contribution in [-0.2, 0) is 6.54 Å². The number of ether oxygens (including phenoxy) is 2. The van der Waals surface area contributed by atoms with Crippen molar-refractivity contribution in [1.82, 2.24) is 14.9 Å². The van der Waals surface area contributed by atoms with E-state index in [0.29, 0.717) is 52.5 Å². The van der Waals surface area contributed by atoms with Crippen LogP contribution in [0.15, 0.2) is 41.2 Å². The van der Waals surface area contributed by atoms with Crippen LogP contribution in [0.3, 0.4) is 0 Å². The summed E-state index contributed by atoms with van der Waals surface area (Å²) in [6, 6.07) is 11.0. The van der Waals surface area contributed by atoms with Crippen LogP contribution >= 0.6 is 12.2 Å². The number of nitrogens with one attached hydrogen (secondary N) is 2. The lowest BCUT2D eigenvalue weighted by molar-refractivity contribution is 0.0938. The summed E-state index contributed by atoms with van der Waals surface area (Å²) in [6.07, 6.45) is 4.43. The highest BCUT2D eigenvalue weighted by Gasteiger charge is 2.18. The highest BCUT2D eigenvalue weighted by Crippen LogP contribution is 2.31. The van der Waals surface area contributed by atoms with Crippen LogP contribution in [0.1, 0.15) is 55.5 Å². The summed E-state index contributed by atoms with van der Waals surface area (Å²) in [5, 5.41) is 3.57. The second kappa shape index (κ2) is 10.2. The van der Waals surface area contributed by atoms with Crippen molar-refractivity contribution in [2.75, 3.05) is 13.2 Å². The van der Waals surface area contributed by atoms with Gasteiger partial charge in [0.05, 0.1) is 30.7 Å². The third kappa shape index (κ3) is 5.11. The van der Waals surface area contributed by atoms with Gasteiger partial charge < -0.3 is 19.8 Å². The maximum absolute atomic E-state index is 13.3. The molecule has 3 aromatic rings. The van der Waals surface area contributed by atoms with Crippen LogP contribution < -0.4 is 20.3 Å². The molecule has 0 unspecified atom stereocenters. The molecule has 0 atom stereocenters. The number of carbonyl (C=O) groups is 1. The number of benzene rings is 2. The molecule has 0 saturated heterocycles. The molecule has 1 aliphatic carbocycles. The summed E-state index contributed by atoms with van der Waals surface area (Å²) in [5.74, 6) is 1.04. The largest absolute Gasteiger partial charge is 0.490 e. The molecule has 0 radical (unpaired) electrons. The normalized spacial score (nSPS) is 13.9. The first-order valence-corrected chi connectivity index (χ1v) is 11.9. The second-order valence-electron chi connectivity index (χ2n) is 8.18. The van der Waals surface area contributed by atoms with Gasteiger partial charge in [-0.2, -0.15) is 0 Å². The molecule has 1 heterocycles. The van der Waals surface area contributed by atoms with Crippen LogP contribution in [0.5, 0.6) is 11.5 Å². The Morgan fingerprint density at radius 3 is 2.36 bits per heavy atom. The number of aromatic amines is 1. The Morgan fingerprint density at radius 1 is 1.09 bits per heavy atom. The molecule has 4 rings (SSSR count). The van der Waals surface area contributed by atoms with E-state index in [1.165, 1.54) is 17.4 Å². The number of H-pyrrole nitrogens is 1. The van der Waals surface area contributed by atoms with Crippen molar-refractivity contribution in [1.29, 1.82) is 0 Å². The minimum atomic E-state index is -0.208. The third-order valence-corrected chi connectivity index (χ3v) is 6.22. The van der Waals surface area contributed by atoms with Gasteiger partial charge in [-0.15, -0.1) is 0 Å². The molecule has 0 spiro atoms. The molecule has 7 nitrogen and oxygen atoms in total. The fourth-order valence-electron chi connectivity index (χ4n) is 4.22. The number of carbonyl (C=O) groups excluding carboxylic acids is 1. The van der Waals surface area contributed by atoms with Crippen LogP contribution in [0.4, 0.5) is 0 Å². The van der Waals surface area contributed by atoms with Crippen molar-refractivity contribution in [2.24, 2.45) is 0 Å². The van der Waals surface area contributed by atoms with Crippen LogP contribution in [-0.4, -0.2) is 34.7 Å². The quantitative estimate of drug-likeness (QED) is 0.474. The van der Waals surface area contributed by atoms with Gasteiger partial charge in [0, 0.05) is 17.7 Å². The maximum Gasteiger partial charge on any atom is 0.262 e. The van der Waals surface area contributed by atoms with Crippen LogP contribution in [0, 0.1) is 4.77 Å². The molecule has 8 heteroatoms. The molecule has 0 aliphatic heterocycles. The Kier molecular flexibility index (Phi) is 7.13. The zero-order valence-corrected chi connectivity index (χ0v) is 19.8. The summed E-state index contributed by atoms with van der Waals surface area (Å²) in [4.78, 5) is 28.9. The van der Waals surface area contributed by atoms with E-state index in [2.05, 4.69) is 10.3 Å². The van der Waals surface area contributed by atoms with Gasteiger partial charge in [0.25, 0.3) is 11.5 Å². The Labute approximate surface area is 197 Å². The molecule has 1 aliphatic rings. The summed E-state index contributed by atoms with van der Waals surface area (Å²) < 4.78 is 13.2. The number of aromatic nitrogens is 2. The fourth-order valence-corrected chi connectivity index (χ4v) is 4.48. The molecule has 2 N–H and O–H groups in total. The van der Waals surface area contributed by atoms with Gasteiger partial charge in [0.1, 0.15) is 0 Å². The van der Waals surface area contributed by atoms with Crippen molar-refractivity contribution in [3.8, 4) is 11.5 Å². The second-order valence-corrected chi connectivity index (χ2v) is 8.57. The van der Waals surface area contributed by atoms with Gasteiger partial charge in [0.2, 0.25) is 0 Å². The molecule has 1 saturated carbocycles. The number of fused-ring (bicyclic) bond motifs is 1. The van der Waals surface area contributed by atoms with Crippen LogP contribution in [0.25, 0.3) is 10.9 Å². The molecule has 33 heavy (non-hydrogen) atoms. The average molecular weight is 468 g/mol. The molecular formula is C25H29N3O4S. The van der Waals surface area contributed by atoms with Gasteiger partial charge in [-0.25, -0.2) is 0 Å². The lowest BCUT2D eigenvalue weighted by atomic mass is 10.1. The van der Waals surface area contributed by atoms with Gasteiger partial charge in [-0.3, -0.25) is 14.2 Å². The topological polar surface area (TPSA) is 85.4 Å². The molecular weight excluding hydrogens is 438 g/mol. The first kappa shape index (κ1) is 23.0. The lowest BCUT2D eigenvalue weighted by Crippen LogP contribution is -2.32. The van der Waals surface area contributed by atoms with Crippen molar-refractivity contribution >= 4 is 29.0 Å². The van der Waals surface area contributed by atoms with E-state index in [4.69, 9.17) is 21.7 Å². The Balaban J connectivity index is 1.60. The number of hydrogen-bond donors (Lipinski definition) is 2. The molecule has 1 amide bonds. The minimum Gasteiger partial charge on any atom is -0.490 e. The van der Waals surface area contributed by atoms with Crippen LogP contribution in [0.2, 0.25) is 0 Å². The Bertz CT molecular complexity index is 1260. The summed E-state index contributed by atoms with van der Waals surface area (Å²) in [5.41, 5.74) is 1.89. The number of amides is 1. The fraction of sp³-hybridized carbons (Fsp3) is 0.400. The molecule has 174 valence electrons. The smallest absolute Gasteiger partial charge is 0.262 e. The van der Waals surface area contributed by atoms with E-state index in [9.17, 15) is 9.59 Å². The average Bonchev–Trinajstić information content (AvgIpc) is 3.31. The highest BCUT2D eigenvalue weighted by atomic mass is 32.1. The SMILES string of the molecule is CCOc1cc2[nH]c(=S)n(Cc3ccc(C(=O)NC4CCCC4)cc3)c(=O)c2cc1OCC. The Morgan fingerprint density at radius 2 is 1.73 bits per heavy atom. The number of nitrogens with zero attached hydrogens (tertiary/aromatic N) is 1. The molecule has 2 aromatic carbocycles. The third-order valence-electron chi connectivity index (χ3n) is 5.89. The van der Waals surface area contributed by atoms with Crippen molar-refractivity contribution < 1.29 is 14.3 Å². The summed E-state index contributed by atoms with van der Waals surface area (Å²) in [6.45, 7) is 5.02. The van der Waals surface area contributed by atoms with Crippen molar-refractivity contribution in [3.63, 3.8) is 0 Å². The highest BCUT2D eigenvalue weighted by molar-refractivity contribution is 7.71. The number of rotatable bonds is 8. The predicted molar refractivity (Wildman–Crippen MR) is 131 cm³/mol. The summed E-state index contributed by atoms with van der Waals surface area (Å²) >= 11 is 5.48. The van der Waals surface area contributed by atoms with E-state index in [0.717, 1.165) is 18.4 Å². The van der Waals surface area contributed by atoms with Crippen molar-refractivity contribution in [3.05, 3.63) is 62.6 Å². The first-order chi connectivity index (χ1) is 16.0. The zero-order valence-electron chi connectivity index (χ0n) is 19.0. The monoisotopic (exact) mass is 467 g/mol. The Hall–Kier alpha value is -3.13. The molecule has 1 aromatic heterocycles. The van der Waals surface area contributed by atoms with E-state index in [1.54, 1.807) is 24.3 Å². The number of hydrogen-bond acceptors (Lipinski definition) is 5. The van der Waals surface area contributed by atoms with Gasteiger partial charge in [-0.05, 0) is 62.7 Å². The van der Waals surface area contributed by atoms with E-state index < -0.39 is 0 Å². The summed E-state index contributed by atoms with van der Waals surface area (Å²) in [7, 11) is 0.